The maximum atomic E-state index is 11.5. The van der Waals surface area contributed by atoms with E-state index in [2.05, 4.69) is 76.4 Å². The molecule has 0 amide bonds. The van der Waals surface area contributed by atoms with Crippen LogP contribution >= 0.6 is 22.6 Å². The number of hydrogen-bond donors (Lipinski definition) is 2. The summed E-state index contributed by atoms with van der Waals surface area (Å²) in [6.45, 7) is 14.2. The van der Waals surface area contributed by atoms with Crippen LogP contribution in [-0.4, -0.2) is 63.3 Å². The van der Waals surface area contributed by atoms with E-state index in [9.17, 15) is 14.7 Å². The lowest BCUT2D eigenvalue weighted by atomic mass is 9.70. The lowest BCUT2D eigenvalue weighted by molar-refractivity contribution is -0.438. The van der Waals surface area contributed by atoms with Gasteiger partial charge in [0.15, 0.2) is 12.3 Å². The van der Waals surface area contributed by atoms with Gasteiger partial charge in [0, 0.05) is 34.1 Å². The molecule has 2 aliphatic heterocycles. The number of alkyl halides is 1. The maximum absolute atomic E-state index is 11.5. The number of rotatable bonds is 45. The molecule has 2 unspecified atom stereocenters. The number of hydrogen-bond acceptors (Lipinski definition) is 5. The molecule has 0 saturated carbocycles. The van der Waals surface area contributed by atoms with E-state index >= 15 is 0 Å². The van der Waals surface area contributed by atoms with Crippen LogP contribution in [0.3, 0.4) is 0 Å². The standard InChI is InChI=1S/C34H57NO3.C31H53NO.C3H5IO2.HI/c1-5-7-9-11-13-14-15-17-19-21-26-34(25-20-18-16-12-10-8-6-2)29(3)35(27-24-33(36)37)32-23-22-30(38-4)28-31(32)34;1-5-7-9-11-13-14-15-17-19-21-25-31(24-20-18-16-12-10-8-6-2)27(3)32-30-23-22-28(33-4)26-29(30)31;4-2-1-3(5)6;/h22-23,28H,5-21,24-27H2,1-4H3;22-23,26H,5-21,24-25H2,1-4H3;1-2H2,(H,5,6);1H. The van der Waals surface area contributed by atoms with Gasteiger partial charge in [-0.1, -0.05) is 269 Å². The Kier molecular flexibility index (Phi) is 43.8. The smallest absolute Gasteiger partial charge is 0.309 e. The van der Waals surface area contributed by atoms with Crippen molar-refractivity contribution in [3.63, 3.8) is 0 Å². The van der Waals surface area contributed by atoms with Gasteiger partial charge in [-0.05, 0) is 68.5 Å². The topological polar surface area (TPSA) is 108 Å². The Morgan fingerprint density at radius 2 is 0.821 bits per heavy atom. The first kappa shape index (κ1) is 73.8. The second-order valence-electron chi connectivity index (χ2n) is 22.9. The number of aliphatic imine (C=N–C) groups is 1. The highest BCUT2D eigenvalue weighted by Crippen LogP contribution is 2.50. The molecule has 0 saturated heterocycles. The number of fused-ring (bicyclic) bond motifs is 2. The van der Waals surface area contributed by atoms with Crippen LogP contribution in [-0.2, 0) is 20.4 Å². The minimum absolute atomic E-state index is 0. The Labute approximate surface area is 509 Å². The van der Waals surface area contributed by atoms with E-state index < -0.39 is 11.9 Å². The molecule has 78 heavy (non-hydrogen) atoms. The zero-order valence-corrected chi connectivity index (χ0v) is 55.7. The molecular formula is C68H116I2N2O6. The third-order valence-electron chi connectivity index (χ3n) is 17.0. The maximum Gasteiger partial charge on any atom is 0.309 e. The van der Waals surface area contributed by atoms with Crippen molar-refractivity contribution in [1.29, 1.82) is 0 Å². The molecule has 2 aliphatic rings. The summed E-state index contributed by atoms with van der Waals surface area (Å²) in [7, 11) is 3.53. The third-order valence-corrected chi connectivity index (χ3v) is 17.5. The van der Waals surface area contributed by atoms with E-state index in [1.54, 1.807) is 14.2 Å². The highest BCUT2D eigenvalue weighted by atomic mass is 127. The number of aliphatic carboxylic acids is 2. The van der Waals surface area contributed by atoms with Crippen molar-refractivity contribution in [3.8, 4) is 11.5 Å². The number of carboxylic acid groups (broad SMARTS) is 2. The van der Waals surface area contributed by atoms with Crippen molar-refractivity contribution in [2.45, 2.75) is 309 Å². The van der Waals surface area contributed by atoms with Gasteiger partial charge in [0.25, 0.3) is 0 Å². The van der Waals surface area contributed by atoms with Gasteiger partial charge in [0.2, 0.25) is 5.69 Å². The van der Waals surface area contributed by atoms with Crippen molar-refractivity contribution >= 4 is 57.3 Å². The van der Waals surface area contributed by atoms with Crippen molar-refractivity contribution in [3.05, 3.63) is 47.5 Å². The number of methoxy groups -OCH3 is 2. The highest BCUT2D eigenvalue weighted by molar-refractivity contribution is 14.1. The molecule has 0 bridgehead atoms. The van der Waals surface area contributed by atoms with E-state index in [-0.39, 0.29) is 47.6 Å². The third kappa shape index (κ3) is 28.2. The number of carboxylic acids is 2. The lowest BCUT2D eigenvalue weighted by Crippen LogP contribution is -3.00. The van der Waals surface area contributed by atoms with Crippen LogP contribution < -0.4 is 33.5 Å². The molecular weight excluding hydrogens is 1190 g/mol. The predicted molar refractivity (Wildman–Crippen MR) is 339 cm³/mol. The molecule has 2 atom stereocenters. The van der Waals surface area contributed by atoms with E-state index in [1.807, 2.05) is 28.7 Å². The first-order valence-electron chi connectivity index (χ1n) is 32.0. The molecule has 8 nitrogen and oxygen atoms in total. The van der Waals surface area contributed by atoms with Gasteiger partial charge in [0.05, 0.1) is 31.7 Å². The van der Waals surface area contributed by atoms with Crippen LogP contribution in [0.25, 0.3) is 0 Å². The van der Waals surface area contributed by atoms with Gasteiger partial charge in [-0.3, -0.25) is 14.6 Å². The van der Waals surface area contributed by atoms with Gasteiger partial charge >= 0.3 is 11.9 Å². The summed E-state index contributed by atoms with van der Waals surface area (Å²) in [5, 5.41) is 17.3. The van der Waals surface area contributed by atoms with E-state index in [4.69, 9.17) is 19.6 Å². The molecule has 2 heterocycles. The molecule has 0 radical (unpaired) electrons. The van der Waals surface area contributed by atoms with Gasteiger partial charge in [-0.15, -0.1) is 0 Å². The van der Waals surface area contributed by atoms with Crippen molar-refractivity contribution in [2.75, 3.05) is 25.2 Å². The van der Waals surface area contributed by atoms with Gasteiger partial charge < -0.3 is 43.7 Å². The lowest BCUT2D eigenvalue weighted by Gasteiger charge is -2.32. The zero-order chi connectivity index (χ0) is 56.4. The van der Waals surface area contributed by atoms with Gasteiger partial charge in [-0.25, -0.2) is 0 Å². The van der Waals surface area contributed by atoms with Crippen LogP contribution in [0.2, 0.25) is 0 Å². The first-order valence-corrected chi connectivity index (χ1v) is 33.5. The number of halogens is 2. The molecule has 448 valence electrons. The summed E-state index contributed by atoms with van der Waals surface area (Å²) in [4.78, 5) is 26.1. The summed E-state index contributed by atoms with van der Waals surface area (Å²) >= 11 is 2.02. The highest BCUT2D eigenvalue weighted by Gasteiger charge is 2.49. The fraction of sp³-hybridized carbons (Fsp3) is 0.765. The SMILES string of the molecule is CCCCCCCCCCCCC1(CCCCCCCCC)C(C)=Nc2ccc(OC)cc21.CCCCCCCCCCCCC1(CCCCCCCCC)C(C)=[N+](CCC(=O)O)c2ccc(OC)cc21.O=C(O)CCI.[I-]. The fourth-order valence-corrected chi connectivity index (χ4v) is 12.6. The summed E-state index contributed by atoms with van der Waals surface area (Å²) in [5.74, 6) is 0.436. The summed E-state index contributed by atoms with van der Waals surface area (Å²) in [5.41, 5.74) is 7.99. The largest absolute Gasteiger partial charge is 1.00 e. The average Bonchev–Trinajstić information content (AvgIpc) is 3.85. The normalized spacial score (nSPS) is 16.1. The second-order valence-corrected chi connectivity index (χ2v) is 24.0. The monoisotopic (exact) mass is 1310 g/mol. The fourth-order valence-electron chi connectivity index (χ4n) is 12.2. The molecule has 4 rings (SSSR count). The predicted octanol–water partition coefficient (Wildman–Crippen LogP) is 18.4. The molecule has 2 N–H and O–H groups in total. The molecule has 0 aliphatic carbocycles. The number of unbranched alkanes of at least 4 members (excludes halogenated alkanes) is 30. The van der Waals surface area contributed by atoms with Crippen molar-refractivity contribution in [2.24, 2.45) is 4.99 Å². The summed E-state index contributed by atoms with van der Waals surface area (Å²) < 4.78 is 14.3. The molecule has 0 fully saturated rings. The Balaban J connectivity index is 0.000000702. The number of benzene rings is 2. The van der Waals surface area contributed by atoms with Crippen LogP contribution in [0.1, 0.15) is 310 Å². The molecule has 2 aromatic rings. The van der Waals surface area contributed by atoms with Crippen LogP contribution in [0, 0.1) is 0 Å². The van der Waals surface area contributed by atoms with E-state index in [1.165, 1.54) is 265 Å². The van der Waals surface area contributed by atoms with Gasteiger partial charge in [0.1, 0.15) is 17.9 Å². The Morgan fingerprint density at radius 3 is 1.15 bits per heavy atom. The summed E-state index contributed by atoms with van der Waals surface area (Å²) in [6, 6.07) is 13.0. The Hall–Kier alpha value is -2.22. The quantitative estimate of drug-likeness (QED) is 0.0296. The Morgan fingerprint density at radius 1 is 0.487 bits per heavy atom. The number of carbonyl (C=O) groups is 2. The van der Waals surface area contributed by atoms with Crippen LogP contribution in [0.15, 0.2) is 41.4 Å². The molecule has 2 aromatic carbocycles. The van der Waals surface area contributed by atoms with E-state index in [0.717, 1.165) is 24.3 Å². The van der Waals surface area contributed by atoms with E-state index in [0.29, 0.717) is 11.0 Å². The van der Waals surface area contributed by atoms with Crippen molar-refractivity contribution < 1.29 is 57.8 Å². The molecule has 0 aromatic heterocycles. The Bertz CT molecular complexity index is 1940. The average molecular weight is 1310 g/mol. The minimum atomic E-state index is -0.730. The number of nitrogens with zero attached hydrogens (tertiary/aromatic N) is 2. The van der Waals surface area contributed by atoms with Gasteiger partial charge in [-0.2, -0.15) is 4.58 Å². The van der Waals surface area contributed by atoms with Crippen molar-refractivity contribution in [1.82, 2.24) is 0 Å². The zero-order valence-electron chi connectivity index (χ0n) is 51.3. The second kappa shape index (κ2) is 46.3. The number of ether oxygens (including phenoxy) is 2. The van der Waals surface area contributed by atoms with Crippen LogP contribution in [0.5, 0.6) is 11.5 Å². The minimum Gasteiger partial charge on any atom is -1.00 e. The molecule has 10 heteroatoms. The first-order chi connectivity index (χ1) is 37.4. The molecule has 0 spiro atoms. The summed E-state index contributed by atoms with van der Waals surface area (Å²) in [6.07, 6.45) is 51.4. The van der Waals surface area contributed by atoms with Crippen LogP contribution in [0.4, 0.5) is 11.4 Å².